The average Bonchev–Trinajstić information content (AvgIpc) is 2.30. The molecule has 5 heteroatoms. The second kappa shape index (κ2) is 7.60. The van der Waals surface area contributed by atoms with Crippen LogP contribution in [0.1, 0.15) is 19.8 Å². The van der Waals surface area contributed by atoms with Crippen molar-refractivity contribution in [2.24, 2.45) is 11.7 Å². The van der Waals surface area contributed by atoms with E-state index in [0.717, 1.165) is 26.1 Å². The van der Waals surface area contributed by atoms with Crippen LogP contribution in [0.4, 0.5) is 0 Å². The van der Waals surface area contributed by atoms with Gasteiger partial charge in [-0.3, -0.25) is 4.79 Å². The van der Waals surface area contributed by atoms with Gasteiger partial charge in [-0.05, 0) is 25.7 Å². The second-order valence-corrected chi connectivity index (χ2v) is 3.95. The van der Waals surface area contributed by atoms with Gasteiger partial charge in [0.2, 0.25) is 0 Å². The molecule has 2 N–H and O–H groups in total. The molecular formula is C11H21NO4. The lowest BCUT2D eigenvalue weighted by atomic mass is 10.0. The lowest BCUT2D eigenvalue weighted by molar-refractivity contribution is -0.146. The molecule has 1 heterocycles. The van der Waals surface area contributed by atoms with Crippen molar-refractivity contribution in [2.75, 3.05) is 33.0 Å². The second-order valence-electron chi connectivity index (χ2n) is 3.95. The normalized spacial score (nSPS) is 19.4. The van der Waals surface area contributed by atoms with Crippen LogP contribution in [0.25, 0.3) is 0 Å². The minimum absolute atomic E-state index is 0.232. The highest BCUT2D eigenvalue weighted by molar-refractivity contribution is 5.75. The molecule has 1 aliphatic rings. The first-order chi connectivity index (χ1) is 7.74. The molecule has 1 rings (SSSR count). The van der Waals surface area contributed by atoms with Gasteiger partial charge in [-0.2, -0.15) is 0 Å². The number of carbonyl (C=O) groups is 1. The van der Waals surface area contributed by atoms with Crippen molar-refractivity contribution < 1.29 is 19.0 Å². The molecule has 0 saturated carbocycles. The van der Waals surface area contributed by atoms with E-state index in [4.69, 9.17) is 19.9 Å². The van der Waals surface area contributed by atoms with Crippen molar-refractivity contribution >= 4 is 5.97 Å². The molecule has 0 spiro atoms. The van der Waals surface area contributed by atoms with Crippen LogP contribution >= 0.6 is 0 Å². The standard InChI is InChI=1S/C11H21NO4/c1-2-16-11(13)10(12)8-15-7-9-3-5-14-6-4-9/h9-10H,2-8,12H2,1H3. The predicted octanol–water partition coefficient (Wildman–Crippen LogP) is 0.320. The van der Waals surface area contributed by atoms with Crippen LogP contribution < -0.4 is 5.73 Å². The fraction of sp³-hybridized carbons (Fsp3) is 0.909. The molecule has 1 fully saturated rings. The fourth-order valence-corrected chi connectivity index (χ4v) is 1.59. The Kier molecular flexibility index (Phi) is 6.37. The van der Waals surface area contributed by atoms with Crippen molar-refractivity contribution in [2.45, 2.75) is 25.8 Å². The third-order valence-corrected chi connectivity index (χ3v) is 2.58. The molecule has 0 aromatic heterocycles. The van der Waals surface area contributed by atoms with E-state index < -0.39 is 12.0 Å². The number of nitrogens with two attached hydrogens (primary N) is 1. The van der Waals surface area contributed by atoms with Crippen LogP contribution in [0.15, 0.2) is 0 Å². The number of hydrogen-bond acceptors (Lipinski definition) is 5. The summed E-state index contributed by atoms with van der Waals surface area (Å²) in [6, 6.07) is -0.667. The highest BCUT2D eigenvalue weighted by Gasteiger charge is 2.17. The quantitative estimate of drug-likeness (QED) is 0.667. The smallest absolute Gasteiger partial charge is 0.325 e. The summed E-state index contributed by atoms with van der Waals surface area (Å²) in [5.74, 6) is 0.137. The first kappa shape index (κ1) is 13.4. The Morgan fingerprint density at radius 2 is 2.19 bits per heavy atom. The SMILES string of the molecule is CCOC(=O)C(N)COCC1CCOCC1. The number of esters is 1. The molecule has 0 aromatic carbocycles. The molecule has 1 aliphatic heterocycles. The first-order valence-corrected chi connectivity index (χ1v) is 5.81. The summed E-state index contributed by atoms with van der Waals surface area (Å²) < 4.78 is 15.4. The molecule has 0 bridgehead atoms. The molecule has 5 nitrogen and oxygen atoms in total. The monoisotopic (exact) mass is 231 g/mol. The fourth-order valence-electron chi connectivity index (χ4n) is 1.59. The Bertz CT molecular complexity index is 204. The summed E-state index contributed by atoms with van der Waals surface area (Å²) in [6.07, 6.45) is 2.04. The highest BCUT2D eigenvalue weighted by Crippen LogP contribution is 2.14. The molecule has 1 unspecified atom stereocenters. The molecule has 0 radical (unpaired) electrons. The molecule has 0 aromatic rings. The Hall–Kier alpha value is -0.650. The van der Waals surface area contributed by atoms with Crippen LogP contribution in [0.3, 0.4) is 0 Å². The van der Waals surface area contributed by atoms with Crippen LogP contribution in [-0.4, -0.2) is 45.0 Å². The maximum Gasteiger partial charge on any atom is 0.325 e. The number of ether oxygens (including phenoxy) is 3. The maximum atomic E-state index is 11.2. The van der Waals surface area contributed by atoms with E-state index in [-0.39, 0.29) is 6.61 Å². The Balaban J connectivity index is 2.07. The maximum absolute atomic E-state index is 11.2. The van der Waals surface area contributed by atoms with Gasteiger partial charge in [0.15, 0.2) is 0 Å². The van der Waals surface area contributed by atoms with Gasteiger partial charge in [0.05, 0.1) is 13.2 Å². The zero-order valence-electron chi connectivity index (χ0n) is 9.81. The van der Waals surface area contributed by atoms with Gasteiger partial charge >= 0.3 is 5.97 Å². The van der Waals surface area contributed by atoms with E-state index in [1.165, 1.54) is 0 Å². The molecule has 1 atom stereocenters. The first-order valence-electron chi connectivity index (χ1n) is 5.81. The summed E-state index contributed by atoms with van der Waals surface area (Å²) in [5.41, 5.74) is 5.59. The highest BCUT2D eigenvalue weighted by atomic mass is 16.5. The topological polar surface area (TPSA) is 70.8 Å². The van der Waals surface area contributed by atoms with Crippen LogP contribution in [0.2, 0.25) is 0 Å². The minimum Gasteiger partial charge on any atom is -0.465 e. The van der Waals surface area contributed by atoms with Crippen molar-refractivity contribution in [1.29, 1.82) is 0 Å². The van der Waals surface area contributed by atoms with Crippen molar-refractivity contribution in [1.82, 2.24) is 0 Å². The van der Waals surface area contributed by atoms with Crippen molar-refractivity contribution in [3.63, 3.8) is 0 Å². The summed E-state index contributed by atoms with van der Waals surface area (Å²) in [7, 11) is 0. The van der Waals surface area contributed by atoms with E-state index in [2.05, 4.69) is 0 Å². The molecule has 1 saturated heterocycles. The van der Waals surface area contributed by atoms with E-state index in [9.17, 15) is 4.79 Å². The average molecular weight is 231 g/mol. The van der Waals surface area contributed by atoms with Gasteiger partial charge in [-0.25, -0.2) is 0 Å². The largest absolute Gasteiger partial charge is 0.465 e. The van der Waals surface area contributed by atoms with Gasteiger partial charge in [0.1, 0.15) is 6.04 Å². The summed E-state index contributed by atoms with van der Waals surface area (Å²) in [4.78, 5) is 11.2. The third kappa shape index (κ3) is 4.92. The van der Waals surface area contributed by atoms with Crippen LogP contribution in [0, 0.1) is 5.92 Å². The Labute approximate surface area is 96.2 Å². The number of hydrogen-bond donors (Lipinski definition) is 1. The third-order valence-electron chi connectivity index (χ3n) is 2.58. The molecule has 0 amide bonds. The van der Waals surface area contributed by atoms with E-state index in [1.54, 1.807) is 6.92 Å². The summed E-state index contributed by atoms with van der Waals surface area (Å²) in [6.45, 7) is 4.60. The predicted molar refractivity (Wildman–Crippen MR) is 59.0 cm³/mol. The molecule has 94 valence electrons. The van der Waals surface area contributed by atoms with Crippen LogP contribution in [0.5, 0.6) is 0 Å². The zero-order chi connectivity index (χ0) is 11.8. The van der Waals surface area contributed by atoms with Gasteiger partial charge in [-0.1, -0.05) is 0 Å². The Morgan fingerprint density at radius 3 is 2.81 bits per heavy atom. The molecular weight excluding hydrogens is 210 g/mol. The van der Waals surface area contributed by atoms with E-state index >= 15 is 0 Å². The minimum atomic E-state index is -0.667. The van der Waals surface area contributed by atoms with Crippen molar-refractivity contribution in [3.8, 4) is 0 Å². The van der Waals surface area contributed by atoms with Gasteiger partial charge in [-0.15, -0.1) is 0 Å². The Morgan fingerprint density at radius 1 is 1.50 bits per heavy atom. The van der Waals surface area contributed by atoms with Gasteiger partial charge < -0.3 is 19.9 Å². The summed E-state index contributed by atoms with van der Waals surface area (Å²) >= 11 is 0. The summed E-state index contributed by atoms with van der Waals surface area (Å²) in [5, 5.41) is 0. The van der Waals surface area contributed by atoms with Crippen LogP contribution in [-0.2, 0) is 19.0 Å². The molecule has 16 heavy (non-hydrogen) atoms. The number of carbonyl (C=O) groups excluding carboxylic acids is 1. The molecule has 0 aliphatic carbocycles. The van der Waals surface area contributed by atoms with E-state index in [0.29, 0.717) is 19.1 Å². The zero-order valence-corrected chi connectivity index (χ0v) is 9.81. The van der Waals surface area contributed by atoms with Crippen molar-refractivity contribution in [3.05, 3.63) is 0 Å². The number of rotatable bonds is 6. The van der Waals surface area contributed by atoms with E-state index in [1.807, 2.05) is 0 Å². The van der Waals surface area contributed by atoms with Gasteiger partial charge in [0.25, 0.3) is 0 Å². The van der Waals surface area contributed by atoms with Gasteiger partial charge in [0, 0.05) is 19.8 Å². The lowest BCUT2D eigenvalue weighted by Crippen LogP contribution is -2.37. The lowest BCUT2D eigenvalue weighted by Gasteiger charge is -2.22.